The lowest BCUT2D eigenvalue weighted by Gasteiger charge is -2.18. The van der Waals surface area contributed by atoms with Crippen LogP contribution in [0.15, 0.2) is 0 Å². The second-order valence-corrected chi connectivity index (χ2v) is 4.38. The van der Waals surface area contributed by atoms with E-state index in [0.29, 0.717) is 5.75 Å². The van der Waals surface area contributed by atoms with Crippen molar-refractivity contribution in [3.05, 3.63) is 0 Å². The van der Waals surface area contributed by atoms with E-state index in [1.807, 2.05) is 0 Å². The Bertz CT molecular complexity index is 158. The molecule has 0 spiro atoms. The lowest BCUT2D eigenvalue weighted by atomic mass is 10.3. The van der Waals surface area contributed by atoms with E-state index in [2.05, 4.69) is 10.2 Å². The van der Waals surface area contributed by atoms with Gasteiger partial charge in [0.15, 0.2) is 11.1 Å². The summed E-state index contributed by atoms with van der Waals surface area (Å²) in [5, 5.41) is 3.33. The van der Waals surface area contributed by atoms with Crippen molar-refractivity contribution in [2.24, 2.45) is 0 Å². The minimum Gasteiger partial charge on any atom is -0.315 e. The molecule has 0 saturated carbocycles. The van der Waals surface area contributed by atoms with Crippen molar-refractivity contribution >= 4 is 11.1 Å². The van der Waals surface area contributed by atoms with Crippen molar-refractivity contribution in [1.82, 2.24) is 10.2 Å². The van der Waals surface area contributed by atoms with Crippen LogP contribution >= 0.6 is 0 Å². The van der Waals surface area contributed by atoms with Gasteiger partial charge in [-0.1, -0.05) is 0 Å². The predicted octanol–water partition coefficient (Wildman–Crippen LogP) is -0.107. The maximum absolute atomic E-state index is 10.4. The van der Waals surface area contributed by atoms with E-state index in [-0.39, 0.29) is 0 Å². The topological polar surface area (TPSA) is 52.6 Å². The number of nitrogens with one attached hydrogen (secondary N) is 1. The van der Waals surface area contributed by atoms with Gasteiger partial charge in [-0.25, -0.2) is 4.21 Å². The fourth-order valence-corrected chi connectivity index (χ4v) is 1.91. The maximum atomic E-state index is 10.4. The Morgan fingerprint density at radius 3 is 3.00 bits per heavy atom. The molecule has 0 amide bonds. The smallest absolute Gasteiger partial charge is 0.152 e. The molecule has 0 bridgehead atoms. The molecule has 1 saturated heterocycles. The molecule has 5 heteroatoms. The third kappa shape index (κ3) is 5.36. The molecule has 78 valence electrons. The average molecular weight is 206 g/mol. The monoisotopic (exact) mass is 206 g/mol. The van der Waals surface area contributed by atoms with E-state index in [1.165, 1.54) is 6.42 Å². The summed E-state index contributed by atoms with van der Waals surface area (Å²) in [7, 11) is 0. The fraction of sp³-hybridized carbons (Fsp3) is 1.00. The molecule has 1 rings (SSSR count). The van der Waals surface area contributed by atoms with Gasteiger partial charge in [0.25, 0.3) is 0 Å². The highest BCUT2D eigenvalue weighted by atomic mass is 32.2. The highest BCUT2D eigenvalue weighted by Crippen LogP contribution is 1.97. The van der Waals surface area contributed by atoms with Gasteiger partial charge >= 0.3 is 0 Å². The van der Waals surface area contributed by atoms with Crippen LogP contribution in [0, 0.1) is 0 Å². The fourth-order valence-electron chi connectivity index (χ4n) is 1.54. The Hall–Kier alpha value is 0.0300. The van der Waals surface area contributed by atoms with E-state index < -0.39 is 11.1 Å². The predicted molar refractivity (Wildman–Crippen MR) is 54.2 cm³/mol. The van der Waals surface area contributed by atoms with Crippen LogP contribution in [0.25, 0.3) is 0 Å². The van der Waals surface area contributed by atoms with Crippen LogP contribution < -0.4 is 5.32 Å². The molecular weight excluding hydrogens is 188 g/mol. The van der Waals surface area contributed by atoms with Crippen molar-refractivity contribution in [3.8, 4) is 0 Å². The van der Waals surface area contributed by atoms with Gasteiger partial charge in [0.1, 0.15) is 0 Å². The van der Waals surface area contributed by atoms with Gasteiger partial charge < -0.3 is 14.8 Å². The Morgan fingerprint density at radius 2 is 2.23 bits per heavy atom. The third-order valence-electron chi connectivity index (χ3n) is 2.23. The molecule has 1 fully saturated rings. The molecular formula is C8H18N2O2S. The summed E-state index contributed by atoms with van der Waals surface area (Å²) >= 11 is -1.62. The highest BCUT2D eigenvalue weighted by molar-refractivity contribution is 7.79. The first-order valence-electron chi connectivity index (χ1n) is 4.79. The average Bonchev–Trinajstić information content (AvgIpc) is 2.32. The lowest BCUT2D eigenvalue weighted by Crippen LogP contribution is -2.29. The summed E-state index contributed by atoms with van der Waals surface area (Å²) in [6, 6.07) is 0. The van der Waals surface area contributed by atoms with E-state index in [4.69, 9.17) is 4.55 Å². The van der Waals surface area contributed by atoms with Gasteiger partial charge in [0.2, 0.25) is 0 Å². The van der Waals surface area contributed by atoms with Crippen molar-refractivity contribution in [1.29, 1.82) is 0 Å². The summed E-state index contributed by atoms with van der Waals surface area (Å²) < 4.78 is 19.0. The van der Waals surface area contributed by atoms with E-state index in [1.54, 1.807) is 0 Å². The number of nitrogens with zero attached hydrogens (tertiary/aromatic N) is 1. The zero-order valence-corrected chi connectivity index (χ0v) is 8.68. The van der Waals surface area contributed by atoms with E-state index in [9.17, 15) is 4.21 Å². The zero-order chi connectivity index (χ0) is 9.52. The highest BCUT2D eigenvalue weighted by Gasteiger charge is 2.07. The van der Waals surface area contributed by atoms with Gasteiger partial charge in [-0.15, -0.1) is 0 Å². The molecule has 0 aliphatic carbocycles. The van der Waals surface area contributed by atoms with Crippen LogP contribution in [0.2, 0.25) is 0 Å². The van der Waals surface area contributed by atoms with E-state index in [0.717, 1.165) is 39.1 Å². The number of rotatable bonds is 4. The molecule has 1 heterocycles. The Morgan fingerprint density at radius 1 is 1.38 bits per heavy atom. The van der Waals surface area contributed by atoms with Gasteiger partial charge in [0.05, 0.1) is 5.75 Å². The van der Waals surface area contributed by atoms with Crippen LogP contribution in [-0.4, -0.2) is 52.1 Å². The number of hydrogen-bond acceptors (Lipinski definition) is 3. The Labute approximate surface area is 82.0 Å². The van der Waals surface area contributed by atoms with Crippen molar-refractivity contribution in [3.63, 3.8) is 0 Å². The molecule has 13 heavy (non-hydrogen) atoms. The minimum atomic E-state index is -1.62. The summed E-state index contributed by atoms with van der Waals surface area (Å²) in [6.07, 6.45) is 2.01. The molecule has 1 unspecified atom stereocenters. The molecule has 0 radical (unpaired) electrons. The van der Waals surface area contributed by atoms with Crippen LogP contribution in [0.4, 0.5) is 0 Å². The van der Waals surface area contributed by atoms with Gasteiger partial charge in [0, 0.05) is 13.1 Å². The third-order valence-corrected chi connectivity index (χ3v) is 2.86. The lowest BCUT2D eigenvalue weighted by molar-refractivity contribution is 0.293. The van der Waals surface area contributed by atoms with Crippen molar-refractivity contribution < 1.29 is 8.76 Å². The molecule has 0 aromatic carbocycles. The van der Waals surface area contributed by atoms with E-state index >= 15 is 0 Å². The first kappa shape index (κ1) is 11.1. The zero-order valence-electron chi connectivity index (χ0n) is 7.87. The Kier molecular flexibility index (Phi) is 5.54. The number of hydrogen-bond donors (Lipinski definition) is 2. The summed E-state index contributed by atoms with van der Waals surface area (Å²) in [5.41, 5.74) is 0. The van der Waals surface area contributed by atoms with Gasteiger partial charge in [-0.05, 0) is 32.5 Å². The molecule has 4 nitrogen and oxygen atoms in total. The first-order chi connectivity index (χ1) is 6.29. The molecule has 1 atom stereocenters. The summed E-state index contributed by atoms with van der Waals surface area (Å²) in [4.78, 5) is 2.35. The molecule has 2 N–H and O–H groups in total. The molecule has 0 aromatic rings. The normalized spacial score (nSPS) is 22.5. The first-order valence-corrected chi connectivity index (χ1v) is 6.07. The second-order valence-electron chi connectivity index (χ2n) is 3.32. The van der Waals surface area contributed by atoms with Gasteiger partial charge in [-0.3, -0.25) is 0 Å². The standard InChI is InChI=1S/C8H18N2O2S/c11-13(12)8-2-6-10-5-1-3-9-4-7-10/h9H,1-8H2,(H,11,12). The maximum Gasteiger partial charge on any atom is 0.152 e. The van der Waals surface area contributed by atoms with Gasteiger partial charge in [-0.2, -0.15) is 0 Å². The molecule has 1 aliphatic rings. The molecule has 0 aromatic heterocycles. The minimum absolute atomic E-state index is 0.407. The van der Waals surface area contributed by atoms with Crippen molar-refractivity contribution in [2.75, 3.05) is 38.5 Å². The molecule has 1 aliphatic heterocycles. The Balaban J connectivity index is 2.08. The van der Waals surface area contributed by atoms with Crippen LogP contribution in [0.1, 0.15) is 12.8 Å². The van der Waals surface area contributed by atoms with Crippen LogP contribution in [-0.2, 0) is 11.1 Å². The van der Waals surface area contributed by atoms with Crippen LogP contribution in [0.5, 0.6) is 0 Å². The SMILES string of the molecule is O=S(O)CCCN1CCCNCC1. The van der Waals surface area contributed by atoms with Crippen molar-refractivity contribution in [2.45, 2.75) is 12.8 Å². The summed E-state index contributed by atoms with van der Waals surface area (Å²) in [5.74, 6) is 0.407. The quantitative estimate of drug-likeness (QED) is 0.630. The largest absolute Gasteiger partial charge is 0.315 e. The summed E-state index contributed by atoms with van der Waals surface area (Å²) in [6.45, 7) is 5.28. The van der Waals surface area contributed by atoms with Crippen LogP contribution in [0.3, 0.4) is 0 Å². The second kappa shape index (κ2) is 6.48.